The van der Waals surface area contributed by atoms with Crippen LogP contribution in [0.2, 0.25) is 0 Å². The molecule has 3 aliphatic rings. The molecule has 2 amide bonds. The zero-order valence-electron chi connectivity index (χ0n) is 21.7. The third-order valence-electron chi connectivity index (χ3n) is 8.16. The van der Waals surface area contributed by atoms with Gasteiger partial charge in [0, 0.05) is 50.5 Å². The smallest absolute Gasteiger partial charge is 0.328 e. The van der Waals surface area contributed by atoms with Gasteiger partial charge < -0.3 is 16.0 Å². The van der Waals surface area contributed by atoms with E-state index in [2.05, 4.69) is 39.6 Å². The van der Waals surface area contributed by atoms with E-state index in [1.807, 2.05) is 6.07 Å². The molecule has 1 atom stereocenters. The van der Waals surface area contributed by atoms with E-state index in [1.54, 1.807) is 21.7 Å². The Morgan fingerprint density at radius 3 is 2.57 bits per heavy atom. The number of rotatable bonds is 5. The third kappa shape index (κ3) is 6.34. The lowest BCUT2D eigenvalue weighted by molar-refractivity contribution is 0.0970. The Kier molecular flexibility index (Phi) is 9.23. The third-order valence-corrected chi connectivity index (χ3v) is 8.16. The van der Waals surface area contributed by atoms with Crippen LogP contribution in [0, 0.1) is 0 Å². The molecule has 0 spiro atoms. The molecule has 2 fully saturated rings. The van der Waals surface area contributed by atoms with Gasteiger partial charge in [-0.1, -0.05) is 13.0 Å². The first-order valence-corrected chi connectivity index (χ1v) is 13.5. The van der Waals surface area contributed by atoms with Gasteiger partial charge in [-0.05, 0) is 80.8 Å². The summed E-state index contributed by atoms with van der Waals surface area (Å²) in [4.78, 5) is 33.8. The van der Waals surface area contributed by atoms with Crippen LogP contribution in [-0.4, -0.2) is 76.2 Å². The normalized spacial score (nSPS) is 23.8. The van der Waals surface area contributed by atoms with Crippen molar-refractivity contribution in [2.24, 2.45) is 5.73 Å². The molecule has 2 aliphatic carbocycles. The lowest BCUT2D eigenvalue weighted by Gasteiger charge is -2.42. The van der Waals surface area contributed by atoms with Crippen molar-refractivity contribution in [1.82, 2.24) is 24.7 Å². The molecular formula is C27H40ClN7O2. The Balaban J connectivity index is 0.00000320. The maximum Gasteiger partial charge on any atom is 0.354 e. The van der Waals surface area contributed by atoms with Crippen molar-refractivity contribution in [1.29, 1.82) is 0 Å². The number of benzene rings is 1. The fraction of sp³-hybridized carbons (Fsp3) is 0.593. The van der Waals surface area contributed by atoms with Crippen molar-refractivity contribution < 1.29 is 4.79 Å². The van der Waals surface area contributed by atoms with Gasteiger partial charge in [0.2, 0.25) is 0 Å². The van der Waals surface area contributed by atoms with Crippen LogP contribution in [0.4, 0.5) is 10.6 Å². The van der Waals surface area contributed by atoms with Crippen molar-refractivity contribution in [3.05, 3.63) is 52.1 Å². The first kappa shape index (κ1) is 27.6. The van der Waals surface area contributed by atoms with Gasteiger partial charge in [0.05, 0.1) is 5.69 Å². The van der Waals surface area contributed by atoms with Gasteiger partial charge in [0.25, 0.3) is 0 Å². The summed E-state index contributed by atoms with van der Waals surface area (Å²) < 4.78 is 1.55. The molecular weight excluding hydrogens is 490 g/mol. The molecule has 4 N–H and O–H groups in total. The number of likely N-dealkylation sites (N-methyl/N-ethyl adjacent to an activating group) is 1. The number of urea groups is 1. The Morgan fingerprint density at radius 2 is 1.86 bits per heavy atom. The van der Waals surface area contributed by atoms with Crippen LogP contribution in [-0.2, 0) is 12.8 Å². The summed E-state index contributed by atoms with van der Waals surface area (Å²) in [5, 5.41) is 5.97. The van der Waals surface area contributed by atoms with Gasteiger partial charge in [0.15, 0.2) is 0 Å². The number of carbonyl (C=O) groups excluding carboxylic acids is 1. The van der Waals surface area contributed by atoms with Crippen molar-refractivity contribution >= 4 is 24.3 Å². The second-order valence-electron chi connectivity index (χ2n) is 10.4. The zero-order chi connectivity index (χ0) is 25.1. The first-order chi connectivity index (χ1) is 17.5. The number of anilines is 1. The molecule has 1 saturated carbocycles. The van der Waals surface area contributed by atoms with E-state index >= 15 is 0 Å². The van der Waals surface area contributed by atoms with Crippen LogP contribution in [0.3, 0.4) is 0 Å². The van der Waals surface area contributed by atoms with Crippen molar-refractivity contribution in [3.8, 4) is 5.69 Å². The lowest BCUT2D eigenvalue weighted by Crippen LogP contribution is -2.48. The van der Waals surface area contributed by atoms with E-state index in [1.165, 1.54) is 24.0 Å². The van der Waals surface area contributed by atoms with Gasteiger partial charge in [-0.25, -0.2) is 9.59 Å². The molecule has 1 unspecified atom stereocenters. The number of halogens is 1. The second kappa shape index (κ2) is 12.4. The fourth-order valence-electron chi connectivity index (χ4n) is 6.13. The van der Waals surface area contributed by atoms with Crippen LogP contribution in [0.25, 0.3) is 5.69 Å². The zero-order valence-corrected chi connectivity index (χ0v) is 22.5. The van der Waals surface area contributed by atoms with Crippen molar-refractivity contribution in [3.63, 3.8) is 0 Å². The Morgan fingerprint density at radius 1 is 1.11 bits per heavy atom. The lowest BCUT2D eigenvalue weighted by atomic mass is 9.84. The summed E-state index contributed by atoms with van der Waals surface area (Å²) in [6, 6.07) is 9.37. The number of nitrogens with two attached hydrogens (primary N) is 1. The average molecular weight is 530 g/mol. The topological polar surface area (TPSA) is 109 Å². The largest absolute Gasteiger partial charge is 0.354 e. The monoisotopic (exact) mass is 529 g/mol. The fourth-order valence-corrected chi connectivity index (χ4v) is 6.13. The van der Waals surface area contributed by atoms with Gasteiger partial charge in [-0.2, -0.15) is 4.98 Å². The SMILES string of the molecule is CCN(C1CCC(N)CC1)C1CCc2cc(-n3ccc(NC(=O)N4CCNCC4)nc3=O)ccc2C1.Cl. The molecule has 0 bridgehead atoms. The molecule has 2 aromatic rings. The van der Waals surface area contributed by atoms with E-state index < -0.39 is 5.69 Å². The van der Waals surface area contributed by atoms with Crippen molar-refractivity contribution in [2.75, 3.05) is 38.0 Å². The number of aromatic nitrogens is 2. The minimum atomic E-state index is -0.394. The second-order valence-corrected chi connectivity index (χ2v) is 10.4. The van der Waals surface area contributed by atoms with Crippen LogP contribution in [0.15, 0.2) is 35.3 Å². The number of fused-ring (bicyclic) bond motifs is 1. The highest BCUT2D eigenvalue weighted by molar-refractivity contribution is 5.88. The summed E-state index contributed by atoms with van der Waals surface area (Å²) in [5.74, 6) is 0.281. The molecule has 9 nitrogen and oxygen atoms in total. The standard InChI is InChI=1S/C27H39N7O2.ClH/c1-2-33(22-9-5-21(28)6-10-22)23-7-3-20-18-24(8-4-19(20)17-23)34-14-11-25(31-27(34)36)30-26(35)32-15-12-29-13-16-32;/h4,8,11,14,18,21-23,29H,2-3,5-7,9-10,12-13,15-17,28H2,1H3,(H,30,31,35,36);1H. The van der Waals surface area contributed by atoms with E-state index in [9.17, 15) is 9.59 Å². The highest BCUT2D eigenvalue weighted by Crippen LogP contribution is 2.31. The number of hydrogen-bond donors (Lipinski definition) is 3. The van der Waals surface area contributed by atoms with E-state index in [0.29, 0.717) is 31.2 Å². The molecule has 1 saturated heterocycles. The molecule has 10 heteroatoms. The molecule has 1 aliphatic heterocycles. The van der Waals surface area contributed by atoms with Crippen LogP contribution >= 0.6 is 12.4 Å². The highest BCUT2D eigenvalue weighted by atomic mass is 35.5. The Hall–Kier alpha value is -2.46. The molecule has 2 heterocycles. The van der Waals surface area contributed by atoms with Gasteiger partial charge in [-0.15, -0.1) is 12.4 Å². The summed E-state index contributed by atoms with van der Waals surface area (Å²) in [6.45, 7) is 6.19. The Labute approximate surface area is 225 Å². The molecule has 5 rings (SSSR count). The molecule has 1 aromatic heterocycles. The number of amides is 2. The number of piperazine rings is 1. The predicted octanol–water partition coefficient (Wildman–Crippen LogP) is 2.54. The highest BCUT2D eigenvalue weighted by Gasteiger charge is 2.31. The summed E-state index contributed by atoms with van der Waals surface area (Å²) in [5.41, 5.74) is 9.26. The minimum Gasteiger partial charge on any atom is -0.328 e. The quantitative estimate of drug-likeness (QED) is 0.549. The van der Waals surface area contributed by atoms with Gasteiger partial charge in [-0.3, -0.25) is 14.8 Å². The Bertz CT molecular complexity index is 1130. The van der Waals surface area contributed by atoms with Crippen molar-refractivity contribution in [2.45, 2.75) is 70.0 Å². The molecule has 1 aromatic carbocycles. The molecule has 202 valence electrons. The maximum absolute atomic E-state index is 12.8. The predicted molar refractivity (Wildman–Crippen MR) is 149 cm³/mol. The molecule has 0 radical (unpaired) electrons. The van der Waals surface area contributed by atoms with E-state index in [4.69, 9.17) is 5.73 Å². The van der Waals surface area contributed by atoms with Gasteiger partial charge >= 0.3 is 11.7 Å². The number of carbonyl (C=O) groups is 1. The maximum atomic E-state index is 12.8. The average Bonchev–Trinajstić information content (AvgIpc) is 2.90. The van der Waals surface area contributed by atoms with Crippen LogP contribution in [0.5, 0.6) is 0 Å². The number of hydrogen-bond acceptors (Lipinski definition) is 6. The number of nitrogens with zero attached hydrogens (tertiary/aromatic N) is 4. The molecule has 37 heavy (non-hydrogen) atoms. The van der Waals surface area contributed by atoms with Crippen LogP contribution < -0.4 is 22.1 Å². The summed E-state index contributed by atoms with van der Waals surface area (Å²) in [7, 11) is 0. The van der Waals surface area contributed by atoms with Crippen LogP contribution in [0.1, 0.15) is 50.2 Å². The first-order valence-electron chi connectivity index (χ1n) is 13.5. The summed E-state index contributed by atoms with van der Waals surface area (Å²) in [6.07, 6.45) is 9.58. The van der Waals surface area contributed by atoms with Gasteiger partial charge in [0.1, 0.15) is 5.82 Å². The number of aryl methyl sites for hydroxylation is 1. The summed E-state index contributed by atoms with van der Waals surface area (Å²) >= 11 is 0. The number of nitrogens with one attached hydrogen (secondary N) is 2. The minimum absolute atomic E-state index is 0. The van der Waals surface area contributed by atoms with E-state index in [0.717, 1.165) is 57.4 Å². The van der Waals surface area contributed by atoms with E-state index in [-0.39, 0.29) is 24.3 Å².